The van der Waals surface area contributed by atoms with Crippen LogP contribution in [0.15, 0.2) is 58.7 Å². The molecule has 1 amide bonds. The third kappa shape index (κ3) is 4.12. The van der Waals surface area contributed by atoms with Crippen LogP contribution in [0.3, 0.4) is 0 Å². The normalized spacial score (nSPS) is 11.2. The van der Waals surface area contributed by atoms with Gasteiger partial charge in [0, 0.05) is 13.0 Å². The van der Waals surface area contributed by atoms with Crippen LogP contribution in [0.5, 0.6) is 0 Å². The van der Waals surface area contributed by atoms with E-state index >= 15 is 0 Å². The van der Waals surface area contributed by atoms with Gasteiger partial charge in [0.25, 0.3) is 5.56 Å². The minimum absolute atomic E-state index is 0.0246. The van der Waals surface area contributed by atoms with Gasteiger partial charge < -0.3 is 0 Å². The van der Waals surface area contributed by atoms with Gasteiger partial charge in [-0.2, -0.15) is 5.10 Å². The van der Waals surface area contributed by atoms with Crippen LogP contribution in [0.4, 0.5) is 4.39 Å². The van der Waals surface area contributed by atoms with Crippen LogP contribution in [0.25, 0.3) is 10.9 Å². The lowest BCUT2D eigenvalue weighted by Crippen LogP contribution is -2.25. The lowest BCUT2D eigenvalue weighted by molar-refractivity contribution is -0.121. The van der Waals surface area contributed by atoms with E-state index in [4.69, 9.17) is 11.6 Å². The van der Waals surface area contributed by atoms with Gasteiger partial charge in [-0.1, -0.05) is 29.8 Å². The van der Waals surface area contributed by atoms with E-state index in [2.05, 4.69) is 15.5 Å². The van der Waals surface area contributed by atoms with Gasteiger partial charge in [-0.25, -0.2) is 14.8 Å². The number of aromatic nitrogens is 2. The van der Waals surface area contributed by atoms with Crippen molar-refractivity contribution in [1.29, 1.82) is 0 Å². The van der Waals surface area contributed by atoms with Crippen molar-refractivity contribution in [2.24, 2.45) is 5.10 Å². The molecule has 1 heterocycles. The first-order valence-corrected chi connectivity index (χ1v) is 8.13. The molecule has 0 aliphatic heterocycles. The predicted octanol–water partition coefficient (Wildman–Crippen LogP) is 2.73. The maximum atomic E-state index is 13.1. The zero-order valence-electron chi connectivity index (χ0n) is 13.5. The molecule has 0 radical (unpaired) electrons. The number of carbonyl (C=O) groups is 1. The van der Waals surface area contributed by atoms with Crippen molar-refractivity contribution in [2.75, 3.05) is 0 Å². The Balaban J connectivity index is 1.59. The number of hydrogen-bond donors (Lipinski definition) is 1. The Bertz CT molecular complexity index is 1050. The summed E-state index contributed by atoms with van der Waals surface area (Å²) in [7, 11) is 0. The second-order valence-corrected chi connectivity index (χ2v) is 5.88. The second-order valence-electron chi connectivity index (χ2n) is 5.48. The highest BCUT2D eigenvalue weighted by Crippen LogP contribution is 2.14. The first-order valence-electron chi connectivity index (χ1n) is 7.76. The molecule has 0 fully saturated rings. The third-order valence-corrected chi connectivity index (χ3v) is 3.95. The van der Waals surface area contributed by atoms with E-state index in [0.717, 1.165) is 0 Å². The molecule has 2 aromatic carbocycles. The lowest BCUT2D eigenvalue weighted by atomic mass is 10.2. The molecule has 0 unspecified atom stereocenters. The van der Waals surface area contributed by atoms with E-state index in [1.54, 1.807) is 24.3 Å². The zero-order chi connectivity index (χ0) is 18.5. The van der Waals surface area contributed by atoms with Crippen molar-refractivity contribution in [2.45, 2.75) is 13.0 Å². The number of halogens is 2. The summed E-state index contributed by atoms with van der Waals surface area (Å²) in [6.07, 6.45) is 2.83. The molecular formula is C18H14ClFN4O2. The third-order valence-electron chi connectivity index (χ3n) is 3.66. The largest absolute Gasteiger partial charge is 0.298 e. The van der Waals surface area contributed by atoms with Gasteiger partial charge >= 0.3 is 0 Å². The fourth-order valence-electron chi connectivity index (χ4n) is 2.31. The van der Waals surface area contributed by atoms with Crippen LogP contribution in [0, 0.1) is 5.82 Å². The summed E-state index contributed by atoms with van der Waals surface area (Å²) in [6.45, 7) is 0.181. The molecule has 1 aromatic heterocycles. The monoisotopic (exact) mass is 372 g/mol. The molecule has 3 rings (SSSR count). The van der Waals surface area contributed by atoms with Crippen LogP contribution >= 0.6 is 11.6 Å². The standard InChI is InChI=1S/C18H14ClFN4O2/c19-14-9-12(5-6-15(14)20)10-22-23-17(25)7-8-24-11-21-16-4-2-1-3-13(16)18(24)26/h1-6,9-11H,7-8H2,(H,23,25). The number of aryl methyl sites for hydroxylation is 1. The zero-order valence-corrected chi connectivity index (χ0v) is 14.3. The maximum absolute atomic E-state index is 13.1. The highest BCUT2D eigenvalue weighted by molar-refractivity contribution is 6.31. The number of rotatable bonds is 5. The molecule has 0 atom stereocenters. The molecule has 0 spiro atoms. The van der Waals surface area contributed by atoms with Crippen molar-refractivity contribution in [1.82, 2.24) is 15.0 Å². The Morgan fingerprint density at radius 2 is 2.12 bits per heavy atom. The highest BCUT2D eigenvalue weighted by atomic mass is 35.5. The van der Waals surface area contributed by atoms with Gasteiger partial charge in [0.2, 0.25) is 5.91 Å². The van der Waals surface area contributed by atoms with Crippen LogP contribution in [-0.2, 0) is 11.3 Å². The quantitative estimate of drug-likeness (QED) is 0.552. The van der Waals surface area contributed by atoms with Crippen LogP contribution < -0.4 is 11.0 Å². The Kier molecular flexibility index (Phi) is 5.38. The molecule has 132 valence electrons. The summed E-state index contributed by atoms with van der Waals surface area (Å²) < 4.78 is 14.4. The fraction of sp³-hybridized carbons (Fsp3) is 0.111. The van der Waals surface area contributed by atoms with E-state index in [9.17, 15) is 14.0 Å². The summed E-state index contributed by atoms with van der Waals surface area (Å²) in [6, 6.07) is 11.1. The number of benzene rings is 2. The second kappa shape index (κ2) is 7.88. The summed E-state index contributed by atoms with van der Waals surface area (Å²) in [4.78, 5) is 28.4. The number of fused-ring (bicyclic) bond motifs is 1. The molecule has 0 saturated heterocycles. The summed E-state index contributed by atoms with van der Waals surface area (Å²) in [5.74, 6) is -0.892. The molecule has 0 aliphatic carbocycles. The Morgan fingerprint density at radius 3 is 2.92 bits per heavy atom. The molecule has 0 saturated carbocycles. The van der Waals surface area contributed by atoms with E-state index in [-0.39, 0.29) is 29.5 Å². The number of nitrogens with one attached hydrogen (secondary N) is 1. The highest BCUT2D eigenvalue weighted by Gasteiger charge is 2.06. The van der Waals surface area contributed by atoms with E-state index < -0.39 is 5.82 Å². The molecular weight excluding hydrogens is 359 g/mol. The van der Waals surface area contributed by atoms with Gasteiger partial charge in [0.15, 0.2) is 0 Å². The van der Waals surface area contributed by atoms with Crippen molar-refractivity contribution in [3.8, 4) is 0 Å². The van der Waals surface area contributed by atoms with Gasteiger partial charge in [-0.3, -0.25) is 14.2 Å². The molecule has 8 heteroatoms. The number of amides is 1. The van der Waals surface area contributed by atoms with Gasteiger partial charge in [-0.05, 0) is 29.8 Å². The summed E-state index contributed by atoms with van der Waals surface area (Å²) in [5, 5.41) is 4.27. The topological polar surface area (TPSA) is 76.3 Å². The fourth-order valence-corrected chi connectivity index (χ4v) is 2.50. The maximum Gasteiger partial charge on any atom is 0.261 e. The number of nitrogens with zero attached hydrogens (tertiary/aromatic N) is 3. The minimum Gasteiger partial charge on any atom is -0.298 e. The average Bonchev–Trinajstić information content (AvgIpc) is 2.64. The molecule has 1 N–H and O–H groups in total. The minimum atomic E-state index is -0.526. The van der Waals surface area contributed by atoms with Crippen molar-refractivity contribution < 1.29 is 9.18 Å². The number of hydrazone groups is 1. The smallest absolute Gasteiger partial charge is 0.261 e. The van der Waals surface area contributed by atoms with E-state index in [0.29, 0.717) is 16.5 Å². The van der Waals surface area contributed by atoms with Crippen molar-refractivity contribution in [3.63, 3.8) is 0 Å². The molecule has 3 aromatic rings. The summed E-state index contributed by atoms with van der Waals surface area (Å²) >= 11 is 5.67. The summed E-state index contributed by atoms with van der Waals surface area (Å²) in [5.41, 5.74) is 3.31. The SMILES string of the molecule is O=C(CCn1cnc2ccccc2c1=O)NN=Cc1ccc(F)c(Cl)c1. The Morgan fingerprint density at radius 1 is 1.31 bits per heavy atom. The van der Waals surface area contributed by atoms with Gasteiger partial charge in [0.1, 0.15) is 5.82 Å². The van der Waals surface area contributed by atoms with Crippen molar-refractivity contribution >= 4 is 34.6 Å². The molecule has 0 bridgehead atoms. The predicted molar refractivity (Wildman–Crippen MR) is 97.8 cm³/mol. The Hall–Kier alpha value is -3.06. The van der Waals surface area contributed by atoms with Gasteiger partial charge in [-0.15, -0.1) is 0 Å². The van der Waals surface area contributed by atoms with Crippen molar-refractivity contribution in [3.05, 3.63) is 75.5 Å². The number of hydrogen-bond acceptors (Lipinski definition) is 4. The van der Waals surface area contributed by atoms with E-state index in [1.165, 1.54) is 35.3 Å². The average molecular weight is 373 g/mol. The first kappa shape index (κ1) is 17.8. The molecule has 6 nitrogen and oxygen atoms in total. The molecule has 26 heavy (non-hydrogen) atoms. The lowest BCUT2D eigenvalue weighted by Gasteiger charge is -2.05. The number of para-hydroxylation sites is 1. The molecule has 0 aliphatic rings. The van der Waals surface area contributed by atoms with Crippen LogP contribution in [0.1, 0.15) is 12.0 Å². The number of carbonyl (C=O) groups excluding carboxylic acids is 1. The first-order chi connectivity index (χ1) is 12.5. The van der Waals surface area contributed by atoms with Gasteiger partial charge in [0.05, 0.1) is 28.5 Å². The van der Waals surface area contributed by atoms with E-state index in [1.807, 2.05) is 0 Å². The Labute approximate surface area is 152 Å². The van der Waals surface area contributed by atoms with Crippen LogP contribution in [-0.4, -0.2) is 21.7 Å². The van der Waals surface area contributed by atoms with Crippen LogP contribution in [0.2, 0.25) is 5.02 Å².